The van der Waals surface area contributed by atoms with E-state index in [-0.39, 0.29) is 12.1 Å². The normalized spacial score (nSPS) is 21.1. The molecule has 1 aromatic rings. The largest absolute Gasteiger partial charge is 0.497 e. The van der Waals surface area contributed by atoms with Gasteiger partial charge in [0.05, 0.1) is 13.2 Å². The first kappa shape index (κ1) is 13.1. The van der Waals surface area contributed by atoms with Gasteiger partial charge in [0.15, 0.2) is 0 Å². The number of carbonyl (C=O) groups is 1. The Labute approximate surface area is 118 Å². The minimum atomic E-state index is 0.0300. The minimum Gasteiger partial charge on any atom is -0.497 e. The Hall–Kier alpha value is -1.91. The SMILES string of the molecule is COc1ccc2c(c1)CC(NC(=O)N1CCCC1)CO2. The number of urea groups is 1. The number of nitrogens with zero attached hydrogens (tertiary/aromatic N) is 1. The summed E-state index contributed by atoms with van der Waals surface area (Å²) in [6.45, 7) is 2.26. The zero-order valence-corrected chi connectivity index (χ0v) is 11.7. The van der Waals surface area contributed by atoms with Crippen molar-refractivity contribution >= 4 is 6.03 Å². The molecular weight excluding hydrogens is 256 g/mol. The van der Waals surface area contributed by atoms with E-state index in [0.29, 0.717) is 6.61 Å². The van der Waals surface area contributed by atoms with Gasteiger partial charge < -0.3 is 19.7 Å². The second-order valence-corrected chi connectivity index (χ2v) is 5.33. The van der Waals surface area contributed by atoms with Crippen molar-refractivity contribution in [1.82, 2.24) is 10.2 Å². The maximum absolute atomic E-state index is 12.1. The van der Waals surface area contributed by atoms with Crippen LogP contribution in [0.3, 0.4) is 0 Å². The van der Waals surface area contributed by atoms with Crippen molar-refractivity contribution in [1.29, 1.82) is 0 Å². The van der Waals surface area contributed by atoms with E-state index in [1.54, 1.807) is 7.11 Å². The fourth-order valence-electron chi connectivity index (χ4n) is 2.78. The van der Waals surface area contributed by atoms with Crippen LogP contribution in [0.25, 0.3) is 0 Å². The highest BCUT2D eigenvalue weighted by Gasteiger charge is 2.25. The van der Waals surface area contributed by atoms with Gasteiger partial charge in [-0.3, -0.25) is 0 Å². The summed E-state index contributed by atoms with van der Waals surface area (Å²) in [5.41, 5.74) is 1.09. The third-order valence-electron chi connectivity index (χ3n) is 3.89. The van der Waals surface area contributed by atoms with Crippen LogP contribution in [0, 0.1) is 0 Å². The Morgan fingerprint density at radius 3 is 2.95 bits per heavy atom. The molecule has 20 heavy (non-hydrogen) atoms. The number of carbonyl (C=O) groups excluding carboxylic acids is 1. The first-order valence-electron chi connectivity index (χ1n) is 7.11. The average molecular weight is 276 g/mol. The lowest BCUT2D eigenvalue weighted by molar-refractivity contribution is 0.189. The van der Waals surface area contributed by atoms with Crippen molar-refractivity contribution in [3.8, 4) is 11.5 Å². The summed E-state index contributed by atoms with van der Waals surface area (Å²) in [5.74, 6) is 1.70. The van der Waals surface area contributed by atoms with Crippen LogP contribution in [0.2, 0.25) is 0 Å². The molecule has 2 amide bonds. The molecule has 2 aliphatic rings. The van der Waals surface area contributed by atoms with E-state index in [9.17, 15) is 4.79 Å². The molecule has 2 heterocycles. The molecule has 1 atom stereocenters. The summed E-state index contributed by atoms with van der Waals surface area (Å²) < 4.78 is 10.9. The molecule has 0 radical (unpaired) electrons. The predicted octanol–water partition coefficient (Wildman–Crippen LogP) is 1.80. The van der Waals surface area contributed by atoms with Crippen molar-refractivity contribution in [3.05, 3.63) is 23.8 Å². The van der Waals surface area contributed by atoms with Crippen molar-refractivity contribution < 1.29 is 14.3 Å². The van der Waals surface area contributed by atoms with Crippen LogP contribution in [0.5, 0.6) is 11.5 Å². The number of hydrogen-bond acceptors (Lipinski definition) is 3. The van der Waals surface area contributed by atoms with E-state index in [1.807, 2.05) is 23.1 Å². The van der Waals surface area contributed by atoms with Crippen LogP contribution in [-0.2, 0) is 6.42 Å². The number of nitrogens with one attached hydrogen (secondary N) is 1. The maximum atomic E-state index is 12.1. The summed E-state index contributed by atoms with van der Waals surface area (Å²) in [6, 6.07) is 5.85. The van der Waals surface area contributed by atoms with Gasteiger partial charge in [0.25, 0.3) is 0 Å². The smallest absolute Gasteiger partial charge is 0.317 e. The standard InChI is InChI=1S/C15H20N2O3/c1-19-13-4-5-14-11(9-13)8-12(10-20-14)16-15(18)17-6-2-3-7-17/h4-5,9,12H,2-3,6-8,10H2,1H3,(H,16,18). The monoisotopic (exact) mass is 276 g/mol. The molecule has 1 fully saturated rings. The van der Waals surface area contributed by atoms with Gasteiger partial charge in [-0.1, -0.05) is 0 Å². The molecule has 3 rings (SSSR count). The quantitative estimate of drug-likeness (QED) is 0.896. The van der Waals surface area contributed by atoms with Crippen LogP contribution < -0.4 is 14.8 Å². The van der Waals surface area contributed by atoms with Gasteiger partial charge in [0, 0.05) is 13.1 Å². The van der Waals surface area contributed by atoms with Crippen molar-refractivity contribution in [2.75, 3.05) is 26.8 Å². The fraction of sp³-hybridized carbons (Fsp3) is 0.533. The molecule has 0 bridgehead atoms. The van der Waals surface area contributed by atoms with E-state index < -0.39 is 0 Å². The Balaban J connectivity index is 1.64. The van der Waals surface area contributed by atoms with E-state index in [1.165, 1.54) is 0 Å². The molecule has 0 aromatic heterocycles. The fourth-order valence-corrected chi connectivity index (χ4v) is 2.78. The summed E-state index contributed by atoms with van der Waals surface area (Å²) >= 11 is 0. The van der Waals surface area contributed by atoms with E-state index in [0.717, 1.165) is 49.4 Å². The molecule has 1 unspecified atom stereocenters. The zero-order chi connectivity index (χ0) is 13.9. The zero-order valence-electron chi connectivity index (χ0n) is 11.7. The molecule has 5 heteroatoms. The third kappa shape index (κ3) is 2.66. The number of hydrogen-bond donors (Lipinski definition) is 1. The number of benzene rings is 1. The van der Waals surface area contributed by atoms with Crippen LogP contribution in [0.4, 0.5) is 4.79 Å². The maximum Gasteiger partial charge on any atom is 0.317 e. The van der Waals surface area contributed by atoms with Crippen LogP contribution in [-0.4, -0.2) is 43.8 Å². The topological polar surface area (TPSA) is 50.8 Å². The molecule has 0 spiro atoms. The molecular formula is C15H20N2O3. The first-order valence-corrected chi connectivity index (χ1v) is 7.11. The highest BCUT2D eigenvalue weighted by molar-refractivity contribution is 5.74. The second-order valence-electron chi connectivity index (χ2n) is 5.33. The van der Waals surface area contributed by atoms with Crippen molar-refractivity contribution in [2.24, 2.45) is 0 Å². The van der Waals surface area contributed by atoms with Crippen molar-refractivity contribution in [2.45, 2.75) is 25.3 Å². The summed E-state index contributed by atoms with van der Waals surface area (Å²) in [6.07, 6.45) is 3.00. The number of ether oxygens (including phenoxy) is 2. The summed E-state index contributed by atoms with van der Waals surface area (Å²) in [5, 5.41) is 3.06. The molecule has 0 aliphatic carbocycles. The Morgan fingerprint density at radius 1 is 1.40 bits per heavy atom. The first-order chi connectivity index (χ1) is 9.76. The van der Waals surface area contributed by atoms with E-state index in [4.69, 9.17) is 9.47 Å². The lowest BCUT2D eigenvalue weighted by Crippen LogP contribution is -2.48. The number of methoxy groups -OCH3 is 1. The molecule has 2 aliphatic heterocycles. The molecule has 1 N–H and O–H groups in total. The number of likely N-dealkylation sites (tertiary alicyclic amines) is 1. The van der Waals surface area contributed by atoms with Gasteiger partial charge >= 0.3 is 6.03 Å². The highest BCUT2D eigenvalue weighted by Crippen LogP contribution is 2.28. The third-order valence-corrected chi connectivity index (χ3v) is 3.89. The number of fused-ring (bicyclic) bond motifs is 1. The molecule has 1 aromatic carbocycles. The Morgan fingerprint density at radius 2 is 2.20 bits per heavy atom. The van der Waals surface area contributed by atoms with E-state index >= 15 is 0 Å². The van der Waals surface area contributed by atoms with Gasteiger partial charge in [-0.2, -0.15) is 0 Å². The number of rotatable bonds is 2. The summed E-state index contributed by atoms with van der Waals surface area (Å²) in [4.78, 5) is 14.0. The lowest BCUT2D eigenvalue weighted by atomic mass is 10.0. The average Bonchev–Trinajstić information content (AvgIpc) is 3.00. The van der Waals surface area contributed by atoms with Gasteiger partial charge in [-0.25, -0.2) is 4.79 Å². The highest BCUT2D eigenvalue weighted by atomic mass is 16.5. The van der Waals surface area contributed by atoms with Crippen LogP contribution in [0.1, 0.15) is 18.4 Å². The molecule has 0 saturated carbocycles. The van der Waals surface area contributed by atoms with Gasteiger partial charge in [0.1, 0.15) is 18.1 Å². The van der Waals surface area contributed by atoms with Crippen LogP contribution in [0.15, 0.2) is 18.2 Å². The molecule has 5 nitrogen and oxygen atoms in total. The minimum absolute atomic E-state index is 0.0300. The van der Waals surface area contributed by atoms with Crippen molar-refractivity contribution in [3.63, 3.8) is 0 Å². The second kappa shape index (κ2) is 5.61. The predicted molar refractivity (Wildman–Crippen MR) is 75.3 cm³/mol. The van der Waals surface area contributed by atoms with Gasteiger partial charge in [0.2, 0.25) is 0 Å². The van der Waals surface area contributed by atoms with E-state index in [2.05, 4.69) is 5.32 Å². The Kier molecular flexibility index (Phi) is 3.67. The summed E-state index contributed by atoms with van der Waals surface area (Å²) in [7, 11) is 1.65. The molecule has 108 valence electrons. The van der Waals surface area contributed by atoms with Crippen LogP contribution >= 0.6 is 0 Å². The number of amides is 2. The van der Waals surface area contributed by atoms with Gasteiger partial charge in [-0.05, 0) is 43.0 Å². The van der Waals surface area contributed by atoms with Gasteiger partial charge in [-0.15, -0.1) is 0 Å². The Bertz CT molecular complexity index is 498. The molecule has 1 saturated heterocycles. The lowest BCUT2D eigenvalue weighted by Gasteiger charge is -2.28.